The van der Waals surface area contributed by atoms with Crippen molar-refractivity contribution in [1.29, 1.82) is 0 Å². The van der Waals surface area contributed by atoms with Crippen molar-refractivity contribution in [2.75, 3.05) is 0 Å². The van der Waals surface area contributed by atoms with Crippen LogP contribution >= 0.6 is 0 Å². The number of amides is 1. The molecule has 2 atom stereocenters. The van der Waals surface area contributed by atoms with E-state index in [1.165, 1.54) is 36.6 Å². The Bertz CT molecular complexity index is 491. The molecule has 1 aliphatic carbocycles. The summed E-state index contributed by atoms with van der Waals surface area (Å²) in [6, 6.07) is 0.267. The second-order valence-electron chi connectivity index (χ2n) is 6.13. The van der Waals surface area contributed by atoms with Crippen molar-refractivity contribution in [3.63, 3.8) is 0 Å². The van der Waals surface area contributed by atoms with E-state index >= 15 is 0 Å². The Morgan fingerprint density at radius 1 is 1.55 bits per heavy atom. The van der Waals surface area contributed by atoms with Crippen molar-refractivity contribution in [3.8, 4) is 0 Å². The summed E-state index contributed by atoms with van der Waals surface area (Å²) < 4.78 is 1.29. The van der Waals surface area contributed by atoms with Crippen molar-refractivity contribution in [3.05, 3.63) is 16.8 Å². The van der Waals surface area contributed by atoms with Gasteiger partial charge in [0.05, 0.1) is 0 Å². The Labute approximate surface area is 119 Å². The van der Waals surface area contributed by atoms with Crippen molar-refractivity contribution in [2.24, 2.45) is 11.8 Å². The molecule has 1 saturated carbocycles. The highest BCUT2D eigenvalue weighted by atomic mass is 16.2. The van der Waals surface area contributed by atoms with Gasteiger partial charge in [0.1, 0.15) is 12.9 Å². The lowest BCUT2D eigenvalue weighted by molar-refractivity contribution is -0.122. The quantitative estimate of drug-likeness (QED) is 0.824. The molecule has 0 radical (unpaired) electrons. The zero-order chi connectivity index (χ0) is 14.5. The molecule has 1 heterocycles. The van der Waals surface area contributed by atoms with E-state index in [0.29, 0.717) is 11.8 Å². The van der Waals surface area contributed by atoms with Crippen LogP contribution in [-0.4, -0.2) is 26.7 Å². The van der Waals surface area contributed by atoms with E-state index in [1.54, 1.807) is 0 Å². The van der Waals surface area contributed by atoms with Crippen molar-refractivity contribution >= 4 is 5.91 Å². The average molecular weight is 280 g/mol. The van der Waals surface area contributed by atoms with Crippen LogP contribution in [0.3, 0.4) is 0 Å². The lowest BCUT2D eigenvalue weighted by Crippen LogP contribution is -2.40. The Morgan fingerprint density at radius 3 is 3.00 bits per heavy atom. The first-order valence-electron chi connectivity index (χ1n) is 7.45. The number of carbonyl (C=O) groups excluding carboxylic acids is 1. The number of nitrogens with one attached hydrogen (secondary N) is 2. The van der Waals surface area contributed by atoms with E-state index in [2.05, 4.69) is 29.4 Å². The van der Waals surface area contributed by atoms with E-state index in [4.69, 9.17) is 0 Å². The van der Waals surface area contributed by atoms with Crippen LogP contribution < -0.4 is 11.0 Å². The Hall–Kier alpha value is -1.59. The second kappa shape index (κ2) is 6.72. The topological polar surface area (TPSA) is 79.8 Å². The van der Waals surface area contributed by atoms with Crippen LogP contribution in [0.1, 0.15) is 46.0 Å². The molecule has 0 aliphatic heterocycles. The van der Waals surface area contributed by atoms with Gasteiger partial charge in [0.2, 0.25) is 5.91 Å². The summed E-state index contributed by atoms with van der Waals surface area (Å²) in [5.41, 5.74) is -0.345. The van der Waals surface area contributed by atoms with Crippen LogP contribution in [0, 0.1) is 11.8 Å². The van der Waals surface area contributed by atoms with Gasteiger partial charge in [-0.15, -0.1) is 0 Å². The normalized spacial score (nSPS) is 22.4. The Kier molecular flexibility index (Phi) is 4.98. The van der Waals surface area contributed by atoms with Gasteiger partial charge in [-0.05, 0) is 31.1 Å². The molecule has 2 rings (SSSR count). The molecule has 0 aromatic carbocycles. The van der Waals surface area contributed by atoms with Gasteiger partial charge in [-0.3, -0.25) is 9.36 Å². The summed E-state index contributed by atoms with van der Waals surface area (Å²) in [4.78, 5) is 23.3. The molecular weight excluding hydrogens is 256 g/mol. The second-order valence-corrected chi connectivity index (χ2v) is 6.13. The third-order valence-corrected chi connectivity index (χ3v) is 4.05. The summed E-state index contributed by atoms with van der Waals surface area (Å²) in [5.74, 6) is 1.19. The van der Waals surface area contributed by atoms with Gasteiger partial charge >= 0.3 is 5.69 Å². The maximum absolute atomic E-state index is 12.0. The number of aromatic nitrogens is 3. The molecule has 1 amide bonds. The summed E-state index contributed by atoms with van der Waals surface area (Å²) in [6.45, 7) is 4.50. The molecule has 1 aromatic rings. The monoisotopic (exact) mass is 280 g/mol. The molecule has 1 fully saturated rings. The SMILES string of the molecule is CC(C)CC[C@@H]1CCC[C@@H]1NC(=O)Cn1cn[nH]c1=O. The van der Waals surface area contributed by atoms with Gasteiger partial charge in [0, 0.05) is 6.04 Å². The van der Waals surface area contributed by atoms with Crippen LogP contribution in [-0.2, 0) is 11.3 Å². The Morgan fingerprint density at radius 2 is 2.35 bits per heavy atom. The fraction of sp³-hybridized carbons (Fsp3) is 0.786. The molecule has 0 unspecified atom stereocenters. The largest absolute Gasteiger partial charge is 0.352 e. The first-order valence-corrected chi connectivity index (χ1v) is 7.45. The number of carbonyl (C=O) groups is 1. The van der Waals surface area contributed by atoms with Crippen molar-refractivity contribution in [2.45, 2.75) is 58.5 Å². The highest BCUT2D eigenvalue weighted by Crippen LogP contribution is 2.30. The molecule has 1 aromatic heterocycles. The van der Waals surface area contributed by atoms with E-state index in [1.807, 2.05) is 0 Å². The highest BCUT2D eigenvalue weighted by Gasteiger charge is 2.28. The van der Waals surface area contributed by atoms with Crippen LogP contribution in [0.4, 0.5) is 0 Å². The molecular formula is C14H24N4O2. The minimum atomic E-state index is -0.345. The van der Waals surface area contributed by atoms with Gasteiger partial charge in [-0.2, -0.15) is 5.10 Å². The lowest BCUT2D eigenvalue weighted by Gasteiger charge is -2.21. The molecule has 1 aliphatic rings. The lowest BCUT2D eigenvalue weighted by atomic mass is 9.93. The van der Waals surface area contributed by atoms with Crippen LogP contribution in [0.15, 0.2) is 11.1 Å². The maximum Gasteiger partial charge on any atom is 0.343 e. The minimum Gasteiger partial charge on any atom is -0.352 e. The molecule has 2 N–H and O–H groups in total. The number of hydrogen-bond acceptors (Lipinski definition) is 3. The number of H-pyrrole nitrogens is 1. The van der Waals surface area contributed by atoms with Crippen LogP contribution in [0.25, 0.3) is 0 Å². The fourth-order valence-electron chi connectivity index (χ4n) is 2.91. The smallest absolute Gasteiger partial charge is 0.343 e. The molecule has 0 saturated heterocycles. The van der Waals surface area contributed by atoms with Crippen molar-refractivity contribution in [1.82, 2.24) is 20.1 Å². The number of aromatic amines is 1. The molecule has 20 heavy (non-hydrogen) atoms. The summed E-state index contributed by atoms with van der Waals surface area (Å²) >= 11 is 0. The van der Waals surface area contributed by atoms with Gasteiger partial charge in [0.25, 0.3) is 0 Å². The zero-order valence-electron chi connectivity index (χ0n) is 12.3. The molecule has 0 spiro atoms. The summed E-state index contributed by atoms with van der Waals surface area (Å²) in [7, 11) is 0. The standard InChI is InChI=1S/C14H24N4O2/c1-10(2)6-7-11-4-3-5-12(11)16-13(19)8-18-9-15-17-14(18)20/h9-12H,3-8H2,1-2H3,(H,16,19)(H,17,20)/t11-,12-/m0/s1. The molecule has 112 valence electrons. The summed E-state index contributed by atoms with van der Waals surface area (Å²) in [5, 5.41) is 8.98. The van der Waals surface area contributed by atoms with Crippen LogP contribution in [0.5, 0.6) is 0 Å². The summed E-state index contributed by atoms with van der Waals surface area (Å²) in [6.07, 6.45) is 7.16. The van der Waals surface area contributed by atoms with E-state index in [0.717, 1.165) is 6.42 Å². The maximum atomic E-state index is 12.0. The van der Waals surface area contributed by atoms with Gasteiger partial charge in [-0.25, -0.2) is 9.89 Å². The van der Waals surface area contributed by atoms with Gasteiger partial charge in [-0.1, -0.05) is 26.7 Å². The molecule has 6 heteroatoms. The third kappa shape index (κ3) is 3.95. The zero-order valence-corrected chi connectivity index (χ0v) is 12.3. The fourth-order valence-corrected chi connectivity index (χ4v) is 2.91. The average Bonchev–Trinajstić information content (AvgIpc) is 2.97. The number of nitrogens with zero attached hydrogens (tertiary/aromatic N) is 2. The van der Waals surface area contributed by atoms with Gasteiger partial charge in [0.15, 0.2) is 0 Å². The minimum absolute atomic E-state index is 0.0444. The third-order valence-electron chi connectivity index (χ3n) is 4.05. The van der Waals surface area contributed by atoms with Crippen LogP contribution in [0.2, 0.25) is 0 Å². The predicted octanol–water partition coefficient (Wildman–Crippen LogP) is 1.29. The van der Waals surface area contributed by atoms with Gasteiger partial charge < -0.3 is 5.32 Å². The first kappa shape index (κ1) is 14.8. The first-order chi connectivity index (χ1) is 9.56. The predicted molar refractivity (Wildman–Crippen MR) is 76.2 cm³/mol. The number of rotatable bonds is 6. The molecule has 6 nitrogen and oxygen atoms in total. The number of hydrogen-bond donors (Lipinski definition) is 2. The van der Waals surface area contributed by atoms with E-state index in [-0.39, 0.29) is 24.2 Å². The van der Waals surface area contributed by atoms with Crippen molar-refractivity contribution < 1.29 is 4.79 Å². The Balaban J connectivity index is 1.83. The van der Waals surface area contributed by atoms with E-state index in [9.17, 15) is 9.59 Å². The highest BCUT2D eigenvalue weighted by molar-refractivity contribution is 5.76. The van der Waals surface area contributed by atoms with E-state index < -0.39 is 0 Å². The molecule has 0 bridgehead atoms.